The average molecular weight is 313 g/mol. The van der Waals surface area contributed by atoms with E-state index in [2.05, 4.69) is 5.32 Å². The number of aromatic hydroxyl groups is 1. The predicted octanol–water partition coefficient (Wildman–Crippen LogP) is 4.33. The number of hydrogen-bond acceptors (Lipinski definition) is 4. The Bertz CT molecular complexity index is 651. The van der Waals surface area contributed by atoms with Crippen LogP contribution in [0.1, 0.15) is 31.2 Å². The number of para-hydroxylation sites is 2. The van der Waals surface area contributed by atoms with Crippen molar-refractivity contribution in [1.29, 1.82) is 0 Å². The lowest BCUT2D eigenvalue weighted by molar-refractivity contribution is 0.200. The number of phenolic OH excluding ortho intramolecular Hbond substituents is 1. The first kappa shape index (κ1) is 15.5. The Morgan fingerprint density at radius 1 is 1.09 bits per heavy atom. The third kappa shape index (κ3) is 3.89. The van der Waals surface area contributed by atoms with E-state index < -0.39 is 0 Å². The number of methoxy groups -OCH3 is 1. The molecule has 1 fully saturated rings. The molecule has 23 heavy (non-hydrogen) atoms. The van der Waals surface area contributed by atoms with Gasteiger partial charge in [0.15, 0.2) is 11.5 Å². The Balaban J connectivity index is 1.70. The molecular formula is C19H23NO3. The molecule has 122 valence electrons. The van der Waals surface area contributed by atoms with Gasteiger partial charge >= 0.3 is 0 Å². The number of nitrogens with one attached hydrogen (secondary N) is 1. The van der Waals surface area contributed by atoms with Gasteiger partial charge in [0.25, 0.3) is 0 Å². The molecule has 0 amide bonds. The van der Waals surface area contributed by atoms with Crippen molar-refractivity contribution in [3.05, 3.63) is 48.0 Å². The zero-order valence-electron chi connectivity index (χ0n) is 13.4. The molecule has 4 nitrogen and oxygen atoms in total. The van der Waals surface area contributed by atoms with Crippen molar-refractivity contribution in [2.45, 2.75) is 38.3 Å². The van der Waals surface area contributed by atoms with Crippen LogP contribution in [0.25, 0.3) is 0 Å². The van der Waals surface area contributed by atoms with Crippen LogP contribution in [-0.4, -0.2) is 18.3 Å². The first-order chi connectivity index (χ1) is 11.3. The van der Waals surface area contributed by atoms with Crippen LogP contribution in [0, 0.1) is 0 Å². The molecule has 0 atom stereocenters. The maximum absolute atomic E-state index is 9.81. The van der Waals surface area contributed by atoms with Gasteiger partial charge in [-0.3, -0.25) is 0 Å². The number of ether oxygens (including phenoxy) is 2. The van der Waals surface area contributed by atoms with Gasteiger partial charge in [-0.2, -0.15) is 0 Å². The Morgan fingerprint density at radius 3 is 2.61 bits per heavy atom. The normalized spacial score (nSPS) is 14.7. The maximum atomic E-state index is 9.81. The summed E-state index contributed by atoms with van der Waals surface area (Å²) < 4.78 is 11.5. The molecule has 0 spiro atoms. The van der Waals surface area contributed by atoms with Crippen molar-refractivity contribution < 1.29 is 14.6 Å². The van der Waals surface area contributed by atoms with Crippen LogP contribution in [0.15, 0.2) is 42.5 Å². The van der Waals surface area contributed by atoms with E-state index in [9.17, 15) is 5.11 Å². The van der Waals surface area contributed by atoms with Gasteiger partial charge in [0.05, 0.1) is 18.9 Å². The SMILES string of the molecule is COc1ccc(CNc2ccccc2O)cc1OC1CCCC1. The number of phenols is 1. The third-order valence-electron chi connectivity index (χ3n) is 4.21. The van der Waals surface area contributed by atoms with Crippen LogP contribution in [0.5, 0.6) is 17.2 Å². The number of anilines is 1. The molecule has 3 rings (SSSR count). The quantitative estimate of drug-likeness (QED) is 0.779. The average Bonchev–Trinajstić information content (AvgIpc) is 3.07. The van der Waals surface area contributed by atoms with Crippen LogP contribution < -0.4 is 14.8 Å². The second-order valence-electron chi connectivity index (χ2n) is 5.88. The molecular weight excluding hydrogens is 290 g/mol. The Morgan fingerprint density at radius 2 is 1.87 bits per heavy atom. The minimum atomic E-state index is 0.253. The van der Waals surface area contributed by atoms with Crippen molar-refractivity contribution in [2.24, 2.45) is 0 Å². The molecule has 0 radical (unpaired) electrons. The molecule has 0 aliphatic heterocycles. The Hall–Kier alpha value is -2.36. The molecule has 2 aromatic rings. The van der Waals surface area contributed by atoms with Crippen LogP contribution in [0.3, 0.4) is 0 Å². The van der Waals surface area contributed by atoms with E-state index in [1.165, 1.54) is 12.8 Å². The lowest BCUT2D eigenvalue weighted by Gasteiger charge is -2.17. The number of benzene rings is 2. The molecule has 0 bridgehead atoms. The first-order valence-electron chi connectivity index (χ1n) is 8.11. The molecule has 0 aromatic heterocycles. The largest absolute Gasteiger partial charge is 0.506 e. The molecule has 1 aliphatic rings. The summed E-state index contributed by atoms with van der Waals surface area (Å²) in [5.41, 5.74) is 1.81. The summed E-state index contributed by atoms with van der Waals surface area (Å²) >= 11 is 0. The molecule has 2 aromatic carbocycles. The van der Waals surface area contributed by atoms with Crippen LogP contribution >= 0.6 is 0 Å². The highest BCUT2D eigenvalue weighted by Gasteiger charge is 2.18. The fourth-order valence-corrected chi connectivity index (χ4v) is 2.93. The van der Waals surface area contributed by atoms with Crippen molar-refractivity contribution in [1.82, 2.24) is 0 Å². The second-order valence-corrected chi connectivity index (χ2v) is 5.88. The van der Waals surface area contributed by atoms with E-state index >= 15 is 0 Å². The van der Waals surface area contributed by atoms with Crippen molar-refractivity contribution in [2.75, 3.05) is 12.4 Å². The van der Waals surface area contributed by atoms with Gasteiger partial charge in [0.1, 0.15) is 5.75 Å². The zero-order valence-corrected chi connectivity index (χ0v) is 13.4. The Kier molecular flexibility index (Phi) is 4.91. The zero-order chi connectivity index (χ0) is 16.1. The second kappa shape index (κ2) is 7.27. The van der Waals surface area contributed by atoms with E-state index in [0.29, 0.717) is 12.6 Å². The van der Waals surface area contributed by atoms with Crippen molar-refractivity contribution >= 4 is 5.69 Å². The van der Waals surface area contributed by atoms with E-state index in [-0.39, 0.29) is 5.75 Å². The highest BCUT2D eigenvalue weighted by atomic mass is 16.5. The smallest absolute Gasteiger partial charge is 0.161 e. The molecule has 2 N–H and O–H groups in total. The number of rotatable bonds is 6. The van der Waals surface area contributed by atoms with Gasteiger partial charge in [-0.25, -0.2) is 0 Å². The minimum Gasteiger partial charge on any atom is -0.506 e. The molecule has 0 unspecified atom stereocenters. The molecule has 0 saturated heterocycles. The summed E-state index contributed by atoms with van der Waals surface area (Å²) in [6, 6.07) is 13.2. The van der Waals surface area contributed by atoms with E-state index in [0.717, 1.165) is 35.6 Å². The van der Waals surface area contributed by atoms with E-state index in [1.54, 1.807) is 19.2 Å². The number of hydrogen-bond donors (Lipinski definition) is 2. The lowest BCUT2D eigenvalue weighted by atomic mass is 10.2. The fraction of sp³-hybridized carbons (Fsp3) is 0.368. The summed E-state index contributed by atoms with van der Waals surface area (Å²) in [6.45, 7) is 0.614. The molecule has 1 saturated carbocycles. The minimum absolute atomic E-state index is 0.253. The van der Waals surface area contributed by atoms with Crippen LogP contribution in [0.2, 0.25) is 0 Å². The lowest BCUT2D eigenvalue weighted by Crippen LogP contribution is -2.12. The molecule has 0 heterocycles. The van der Waals surface area contributed by atoms with Gasteiger partial charge in [0.2, 0.25) is 0 Å². The van der Waals surface area contributed by atoms with Gasteiger partial charge in [0, 0.05) is 6.54 Å². The van der Waals surface area contributed by atoms with Crippen molar-refractivity contribution in [3.63, 3.8) is 0 Å². The van der Waals surface area contributed by atoms with Crippen molar-refractivity contribution in [3.8, 4) is 17.2 Å². The molecule has 1 aliphatic carbocycles. The summed E-state index contributed by atoms with van der Waals surface area (Å²) in [5, 5.41) is 13.0. The third-order valence-corrected chi connectivity index (χ3v) is 4.21. The monoisotopic (exact) mass is 313 g/mol. The summed E-state index contributed by atoms with van der Waals surface area (Å²) in [5.74, 6) is 1.82. The summed E-state index contributed by atoms with van der Waals surface area (Å²) in [4.78, 5) is 0. The van der Waals surface area contributed by atoms with Gasteiger partial charge in [-0.15, -0.1) is 0 Å². The van der Waals surface area contributed by atoms with Crippen LogP contribution in [0.4, 0.5) is 5.69 Å². The highest BCUT2D eigenvalue weighted by molar-refractivity contribution is 5.55. The topological polar surface area (TPSA) is 50.7 Å². The predicted molar refractivity (Wildman–Crippen MR) is 91.3 cm³/mol. The van der Waals surface area contributed by atoms with Gasteiger partial charge < -0.3 is 19.9 Å². The summed E-state index contributed by atoms with van der Waals surface area (Å²) in [7, 11) is 1.66. The van der Waals surface area contributed by atoms with E-state index in [1.807, 2.05) is 30.3 Å². The highest BCUT2D eigenvalue weighted by Crippen LogP contribution is 2.33. The summed E-state index contributed by atoms with van der Waals surface area (Å²) in [6.07, 6.45) is 5.00. The Labute approximate surface area is 137 Å². The van der Waals surface area contributed by atoms with Crippen LogP contribution in [-0.2, 0) is 6.54 Å². The van der Waals surface area contributed by atoms with E-state index in [4.69, 9.17) is 9.47 Å². The standard InChI is InChI=1S/C19H23NO3/c1-22-18-11-10-14(12-19(18)23-15-6-2-3-7-15)13-20-16-8-4-5-9-17(16)21/h4-5,8-12,15,20-21H,2-3,6-7,13H2,1H3. The maximum Gasteiger partial charge on any atom is 0.161 e. The van der Waals surface area contributed by atoms with Gasteiger partial charge in [-0.05, 0) is 55.5 Å². The fourth-order valence-electron chi connectivity index (χ4n) is 2.93. The van der Waals surface area contributed by atoms with Gasteiger partial charge in [-0.1, -0.05) is 18.2 Å². The first-order valence-corrected chi connectivity index (χ1v) is 8.11. The molecule has 4 heteroatoms.